The van der Waals surface area contributed by atoms with Gasteiger partial charge in [0.25, 0.3) is 0 Å². The molecule has 13 heavy (non-hydrogen) atoms. The van der Waals surface area contributed by atoms with E-state index in [0.29, 0.717) is 5.92 Å². The van der Waals surface area contributed by atoms with Crippen LogP contribution in [0.1, 0.15) is 12.8 Å². The summed E-state index contributed by atoms with van der Waals surface area (Å²) in [5.41, 5.74) is 2.79. The second kappa shape index (κ2) is 2.63. The van der Waals surface area contributed by atoms with Crippen LogP contribution >= 0.6 is 0 Å². The van der Waals surface area contributed by atoms with Crippen LogP contribution in [0.15, 0.2) is 47.9 Å². The molecule has 1 N–H and O–H groups in total. The molecule has 0 radical (unpaired) electrons. The Morgan fingerprint density at radius 3 is 3.23 bits per heavy atom. The molecule has 1 heterocycles. The smallest absolute Gasteiger partial charge is 0.0189 e. The highest BCUT2D eigenvalue weighted by Gasteiger charge is 2.30. The van der Waals surface area contributed by atoms with Crippen LogP contribution in [0.4, 0.5) is 0 Å². The Kier molecular flexibility index (Phi) is 1.45. The summed E-state index contributed by atoms with van der Waals surface area (Å²) in [4.78, 5) is 0. The molecule has 2 bridgehead atoms. The van der Waals surface area contributed by atoms with Crippen molar-refractivity contribution in [2.75, 3.05) is 0 Å². The Morgan fingerprint density at radius 2 is 2.23 bits per heavy atom. The van der Waals surface area contributed by atoms with Crippen LogP contribution in [-0.2, 0) is 0 Å². The van der Waals surface area contributed by atoms with Gasteiger partial charge < -0.3 is 5.32 Å². The molecule has 0 spiro atoms. The standard InChI is InChI=1S/C12H13N/c1-2-7-12-11(6-1)9-4-3-5-10(8-9)13-12/h1-5,7,9,11,13H,6,8H2/t9?,11-/m1/s1. The van der Waals surface area contributed by atoms with Gasteiger partial charge in [0, 0.05) is 17.3 Å². The summed E-state index contributed by atoms with van der Waals surface area (Å²) in [6.45, 7) is 0. The predicted octanol–water partition coefficient (Wildman–Crippen LogP) is 2.51. The van der Waals surface area contributed by atoms with Gasteiger partial charge in [-0.2, -0.15) is 0 Å². The van der Waals surface area contributed by atoms with E-state index in [9.17, 15) is 0 Å². The Labute approximate surface area is 78.5 Å². The Balaban J connectivity index is 2.01. The lowest BCUT2D eigenvalue weighted by Gasteiger charge is -2.37. The van der Waals surface area contributed by atoms with Crippen LogP contribution in [0.25, 0.3) is 0 Å². The summed E-state index contributed by atoms with van der Waals surface area (Å²) in [5, 5.41) is 3.51. The van der Waals surface area contributed by atoms with Crippen LogP contribution in [0, 0.1) is 11.8 Å². The van der Waals surface area contributed by atoms with Gasteiger partial charge in [-0.25, -0.2) is 0 Å². The maximum Gasteiger partial charge on any atom is 0.0189 e. The number of hydrogen-bond acceptors (Lipinski definition) is 1. The van der Waals surface area contributed by atoms with Gasteiger partial charge in [-0.3, -0.25) is 0 Å². The topological polar surface area (TPSA) is 12.0 Å². The van der Waals surface area contributed by atoms with Crippen LogP contribution in [0.5, 0.6) is 0 Å². The third kappa shape index (κ3) is 1.07. The molecular formula is C12H13N. The third-order valence-corrected chi connectivity index (χ3v) is 3.13. The molecule has 0 aromatic rings. The minimum Gasteiger partial charge on any atom is -0.362 e. The van der Waals surface area contributed by atoms with Crippen LogP contribution < -0.4 is 5.32 Å². The van der Waals surface area contributed by atoms with E-state index in [1.54, 1.807) is 0 Å². The zero-order valence-corrected chi connectivity index (χ0v) is 7.53. The minimum atomic E-state index is 0.707. The van der Waals surface area contributed by atoms with E-state index in [0.717, 1.165) is 5.92 Å². The molecular weight excluding hydrogens is 158 g/mol. The van der Waals surface area contributed by atoms with E-state index in [-0.39, 0.29) is 0 Å². The summed E-state index contributed by atoms with van der Waals surface area (Å²) in [6, 6.07) is 0. The highest BCUT2D eigenvalue weighted by atomic mass is 14.9. The summed E-state index contributed by atoms with van der Waals surface area (Å²) < 4.78 is 0. The molecule has 2 aliphatic carbocycles. The van der Waals surface area contributed by atoms with Crippen molar-refractivity contribution in [2.24, 2.45) is 11.8 Å². The molecule has 1 fully saturated rings. The fraction of sp³-hybridized carbons (Fsp3) is 0.333. The lowest BCUT2D eigenvalue weighted by molar-refractivity contribution is 0.386. The van der Waals surface area contributed by atoms with Gasteiger partial charge in [-0.1, -0.05) is 24.3 Å². The molecule has 1 saturated heterocycles. The second-order valence-corrected chi connectivity index (χ2v) is 3.96. The molecule has 1 aliphatic heterocycles. The number of rotatable bonds is 0. The SMILES string of the molecule is C1=CC[C@H]2C(=C1)NC1=CC=CC2C1. The monoisotopic (exact) mass is 171 g/mol. The predicted molar refractivity (Wildman–Crippen MR) is 53.8 cm³/mol. The minimum absolute atomic E-state index is 0.707. The Hall–Kier alpha value is -1.24. The number of hydrogen-bond donors (Lipinski definition) is 1. The second-order valence-electron chi connectivity index (χ2n) is 3.96. The number of fused-ring (bicyclic) bond motifs is 4. The first kappa shape index (κ1) is 7.19. The van der Waals surface area contributed by atoms with Crippen LogP contribution in [0.2, 0.25) is 0 Å². The summed E-state index contributed by atoms with van der Waals surface area (Å²) in [6.07, 6.45) is 15.8. The normalized spacial score (nSPS) is 34.5. The maximum atomic E-state index is 3.51. The van der Waals surface area contributed by atoms with Crippen molar-refractivity contribution in [3.05, 3.63) is 47.9 Å². The van der Waals surface area contributed by atoms with Crippen molar-refractivity contribution in [3.63, 3.8) is 0 Å². The van der Waals surface area contributed by atoms with Crippen molar-refractivity contribution >= 4 is 0 Å². The number of nitrogens with one attached hydrogen (secondary N) is 1. The zero-order valence-electron chi connectivity index (χ0n) is 7.53. The fourth-order valence-electron chi connectivity index (χ4n) is 2.45. The first-order chi connectivity index (χ1) is 6.43. The van der Waals surface area contributed by atoms with E-state index < -0.39 is 0 Å². The van der Waals surface area contributed by atoms with Crippen molar-refractivity contribution in [1.29, 1.82) is 0 Å². The summed E-state index contributed by atoms with van der Waals surface area (Å²) in [7, 11) is 0. The van der Waals surface area contributed by atoms with E-state index >= 15 is 0 Å². The van der Waals surface area contributed by atoms with Crippen molar-refractivity contribution in [1.82, 2.24) is 5.32 Å². The summed E-state index contributed by atoms with van der Waals surface area (Å²) in [5.74, 6) is 1.44. The molecule has 2 atom stereocenters. The van der Waals surface area contributed by atoms with E-state index in [1.807, 2.05) is 0 Å². The maximum absolute atomic E-state index is 3.51. The third-order valence-electron chi connectivity index (χ3n) is 3.13. The van der Waals surface area contributed by atoms with Gasteiger partial charge in [-0.05, 0) is 30.9 Å². The van der Waals surface area contributed by atoms with Crippen molar-refractivity contribution in [2.45, 2.75) is 12.8 Å². The van der Waals surface area contributed by atoms with Gasteiger partial charge in [0.2, 0.25) is 0 Å². The van der Waals surface area contributed by atoms with E-state index in [4.69, 9.17) is 0 Å². The van der Waals surface area contributed by atoms with E-state index in [1.165, 1.54) is 24.2 Å². The molecule has 0 amide bonds. The molecule has 3 aliphatic rings. The Bertz CT molecular complexity index is 344. The molecule has 66 valence electrons. The molecule has 1 unspecified atom stereocenters. The first-order valence-corrected chi connectivity index (χ1v) is 4.94. The fourth-order valence-corrected chi connectivity index (χ4v) is 2.45. The summed E-state index contributed by atoms with van der Waals surface area (Å²) >= 11 is 0. The highest BCUT2D eigenvalue weighted by molar-refractivity contribution is 5.33. The van der Waals surface area contributed by atoms with Crippen LogP contribution in [0.3, 0.4) is 0 Å². The molecule has 3 rings (SSSR count). The van der Waals surface area contributed by atoms with Gasteiger partial charge in [0.05, 0.1) is 0 Å². The molecule has 0 saturated carbocycles. The molecule has 0 aromatic carbocycles. The largest absolute Gasteiger partial charge is 0.362 e. The van der Waals surface area contributed by atoms with Crippen molar-refractivity contribution < 1.29 is 0 Å². The number of piperidine rings is 1. The molecule has 1 nitrogen and oxygen atoms in total. The van der Waals surface area contributed by atoms with Crippen molar-refractivity contribution in [3.8, 4) is 0 Å². The number of allylic oxidation sites excluding steroid dienone is 8. The quantitative estimate of drug-likeness (QED) is 0.590. The molecule has 0 aromatic heterocycles. The highest BCUT2D eigenvalue weighted by Crippen LogP contribution is 2.37. The van der Waals surface area contributed by atoms with Gasteiger partial charge in [-0.15, -0.1) is 0 Å². The lowest BCUT2D eigenvalue weighted by Crippen LogP contribution is -2.34. The molecule has 1 heteroatoms. The van der Waals surface area contributed by atoms with Crippen LogP contribution in [-0.4, -0.2) is 0 Å². The average molecular weight is 171 g/mol. The Morgan fingerprint density at radius 1 is 1.23 bits per heavy atom. The van der Waals surface area contributed by atoms with Gasteiger partial charge >= 0.3 is 0 Å². The average Bonchev–Trinajstić information content (AvgIpc) is 2.18. The van der Waals surface area contributed by atoms with Gasteiger partial charge in [0.15, 0.2) is 0 Å². The lowest BCUT2D eigenvalue weighted by atomic mass is 9.77. The first-order valence-electron chi connectivity index (χ1n) is 4.94. The van der Waals surface area contributed by atoms with Gasteiger partial charge in [0.1, 0.15) is 0 Å². The zero-order chi connectivity index (χ0) is 8.67. The van der Waals surface area contributed by atoms with E-state index in [2.05, 4.69) is 41.8 Å².